The lowest BCUT2D eigenvalue weighted by Gasteiger charge is -2.06. The molecule has 7 nitrogen and oxygen atoms in total. The number of anilines is 2. The molecule has 0 saturated carbocycles. The summed E-state index contributed by atoms with van der Waals surface area (Å²) in [4.78, 5) is 16.5. The highest BCUT2D eigenvalue weighted by molar-refractivity contribution is 7.93. The SMILES string of the molecule is CCOc1ccc(NC(=O)c2csc(NS(=O)(=O)c3ccc(C)cc3)n2)cc1. The van der Waals surface area contributed by atoms with Gasteiger partial charge in [-0.3, -0.25) is 9.52 Å². The van der Waals surface area contributed by atoms with Gasteiger partial charge in [-0.25, -0.2) is 13.4 Å². The first-order valence-corrected chi connectivity index (χ1v) is 10.8. The summed E-state index contributed by atoms with van der Waals surface area (Å²) < 4.78 is 32.6. The zero-order valence-corrected chi connectivity index (χ0v) is 16.9. The molecule has 0 fully saturated rings. The summed E-state index contributed by atoms with van der Waals surface area (Å²) in [6, 6.07) is 13.4. The van der Waals surface area contributed by atoms with Crippen LogP contribution in [-0.2, 0) is 10.0 Å². The summed E-state index contributed by atoms with van der Waals surface area (Å²) in [6.07, 6.45) is 0. The van der Waals surface area contributed by atoms with Gasteiger partial charge in [0.15, 0.2) is 5.13 Å². The van der Waals surface area contributed by atoms with E-state index in [-0.39, 0.29) is 15.7 Å². The Kier molecular flexibility index (Phi) is 5.96. The molecule has 3 aromatic rings. The third kappa shape index (κ3) is 4.87. The normalized spacial score (nSPS) is 11.1. The molecule has 0 saturated heterocycles. The fraction of sp³-hybridized carbons (Fsp3) is 0.158. The van der Waals surface area contributed by atoms with Crippen LogP contribution in [0.5, 0.6) is 5.75 Å². The lowest BCUT2D eigenvalue weighted by atomic mass is 10.2. The van der Waals surface area contributed by atoms with Crippen LogP contribution < -0.4 is 14.8 Å². The molecule has 146 valence electrons. The largest absolute Gasteiger partial charge is 0.494 e. The van der Waals surface area contributed by atoms with Gasteiger partial charge in [-0.15, -0.1) is 11.3 Å². The van der Waals surface area contributed by atoms with Gasteiger partial charge in [0.25, 0.3) is 15.9 Å². The van der Waals surface area contributed by atoms with Crippen molar-refractivity contribution in [1.82, 2.24) is 4.98 Å². The maximum Gasteiger partial charge on any atom is 0.275 e. The highest BCUT2D eigenvalue weighted by atomic mass is 32.2. The number of nitrogens with one attached hydrogen (secondary N) is 2. The maximum absolute atomic E-state index is 12.4. The van der Waals surface area contributed by atoms with Crippen LogP contribution in [0.2, 0.25) is 0 Å². The average molecular weight is 418 g/mol. The molecule has 28 heavy (non-hydrogen) atoms. The van der Waals surface area contributed by atoms with Crippen molar-refractivity contribution < 1.29 is 17.9 Å². The Morgan fingerprint density at radius 3 is 2.43 bits per heavy atom. The van der Waals surface area contributed by atoms with Crippen LogP contribution in [0.1, 0.15) is 23.0 Å². The minimum absolute atomic E-state index is 0.123. The van der Waals surface area contributed by atoms with Gasteiger partial charge in [0.1, 0.15) is 11.4 Å². The molecule has 9 heteroatoms. The van der Waals surface area contributed by atoms with E-state index in [0.717, 1.165) is 16.9 Å². The maximum atomic E-state index is 12.4. The molecule has 0 bridgehead atoms. The van der Waals surface area contributed by atoms with Gasteiger partial charge >= 0.3 is 0 Å². The van der Waals surface area contributed by atoms with Gasteiger partial charge in [0.05, 0.1) is 11.5 Å². The molecule has 0 aliphatic heterocycles. The highest BCUT2D eigenvalue weighted by Crippen LogP contribution is 2.22. The number of sulfonamides is 1. The molecule has 0 aliphatic carbocycles. The van der Waals surface area contributed by atoms with E-state index < -0.39 is 15.9 Å². The van der Waals surface area contributed by atoms with E-state index in [1.807, 2.05) is 13.8 Å². The van der Waals surface area contributed by atoms with Crippen molar-refractivity contribution in [2.45, 2.75) is 18.7 Å². The number of thiazole rings is 1. The molecule has 2 N–H and O–H groups in total. The Morgan fingerprint density at radius 1 is 1.11 bits per heavy atom. The van der Waals surface area contributed by atoms with E-state index in [4.69, 9.17) is 4.74 Å². The van der Waals surface area contributed by atoms with Crippen LogP contribution in [-0.4, -0.2) is 25.9 Å². The number of benzene rings is 2. The predicted octanol–water partition coefficient (Wildman–Crippen LogP) is 3.90. The lowest BCUT2D eigenvalue weighted by Crippen LogP contribution is -2.14. The first-order chi connectivity index (χ1) is 13.4. The van der Waals surface area contributed by atoms with Crippen molar-refractivity contribution in [2.75, 3.05) is 16.6 Å². The molecule has 1 heterocycles. The summed E-state index contributed by atoms with van der Waals surface area (Å²) in [5.74, 6) is 0.281. The predicted molar refractivity (Wildman–Crippen MR) is 110 cm³/mol. The van der Waals surface area contributed by atoms with Crippen LogP contribution in [0.15, 0.2) is 58.8 Å². The number of hydrogen-bond donors (Lipinski definition) is 2. The Balaban J connectivity index is 1.67. The third-order valence-electron chi connectivity index (χ3n) is 3.71. The molecule has 3 rings (SSSR count). The Bertz CT molecular complexity index is 1060. The van der Waals surface area contributed by atoms with Crippen LogP contribution in [0.4, 0.5) is 10.8 Å². The summed E-state index contributed by atoms with van der Waals surface area (Å²) in [5.41, 5.74) is 1.67. The molecular formula is C19H19N3O4S2. The van der Waals surface area contributed by atoms with E-state index >= 15 is 0 Å². The summed E-state index contributed by atoms with van der Waals surface area (Å²) in [7, 11) is -3.76. The van der Waals surface area contributed by atoms with E-state index in [2.05, 4.69) is 15.0 Å². The van der Waals surface area contributed by atoms with Crippen molar-refractivity contribution in [3.8, 4) is 5.75 Å². The van der Waals surface area contributed by atoms with Crippen molar-refractivity contribution in [3.05, 3.63) is 65.2 Å². The molecule has 0 aliphatic rings. The van der Waals surface area contributed by atoms with Gasteiger partial charge < -0.3 is 10.1 Å². The second-order valence-corrected chi connectivity index (χ2v) is 8.41. The first-order valence-electron chi connectivity index (χ1n) is 8.46. The van der Waals surface area contributed by atoms with Gasteiger partial charge in [-0.1, -0.05) is 17.7 Å². The molecule has 0 unspecified atom stereocenters. The first kappa shape index (κ1) is 19.8. The van der Waals surface area contributed by atoms with Gasteiger partial charge in [0, 0.05) is 11.1 Å². The molecule has 0 atom stereocenters. The topological polar surface area (TPSA) is 97.4 Å². The van der Waals surface area contributed by atoms with Crippen LogP contribution >= 0.6 is 11.3 Å². The number of aromatic nitrogens is 1. The Labute approximate surface area is 167 Å². The number of nitrogens with zero attached hydrogens (tertiary/aromatic N) is 1. The number of ether oxygens (including phenoxy) is 1. The number of amides is 1. The molecule has 1 aromatic heterocycles. The standard InChI is InChI=1S/C19H19N3O4S2/c1-3-26-15-8-6-14(7-9-15)20-18(23)17-12-27-19(21-17)22-28(24,25)16-10-4-13(2)5-11-16/h4-12H,3H2,1-2H3,(H,20,23)(H,21,22). The number of rotatable bonds is 7. The molecular weight excluding hydrogens is 398 g/mol. The fourth-order valence-corrected chi connectivity index (χ4v) is 4.26. The van der Waals surface area contributed by atoms with Crippen molar-refractivity contribution in [3.63, 3.8) is 0 Å². The van der Waals surface area contributed by atoms with Crippen molar-refractivity contribution >= 4 is 38.1 Å². The fourth-order valence-electron chi connectivity index (χ4n) is 2.31. The third-order valence-corrected chi connectivity index (χ3v) is 5.95. The zero-order chi connectivity index (χ0) is 20.1. The van der Waals surface area contributed by atoms with E-state index in [1.165, 1.54) is 17.5 Å². The van der Waals surface area contributed by atoms with Crippen LogP contribution in [0.3, 0.4) is 0 Å². The zero-order valence-electron chi connectivity index (χ0n) is 15.3. The monoisotopic (exact) mass is 417 g/mol. The average Bonchev–Trinajstić information content (AvgIpc) is 3.12. The Hall–Kier alpha value is -2.91. The summed E-state index contributed by atoms with van der Waals surface area (Å²) in [6.45, 7) is 4.33. The van der Waals surface area contributed by atoms with Crippen LogP contribution in [0, 0.1) is 6.92 Å². The lowest BCUT2D eigenvalue weighted by molar-refractivity contribution is 0.102. The number of hydrogen-bond acceptors (Lipinski definition) is 6. The Morgan fingerprint density at radius 2 is 1.79 bits per heavy atom. The summed E-state index contributed by atoms with van der Waals surface area (Å²) in [5, 5.41) is 4.33. The van der Waals surface area contributed by atoms with Crippen molar-refractivity contribution in [2.24, 2.45) is 0 Å². The highest BCUT2D eigenvalue weighted by Gasteiger charge is 2.18. The van der Waals surface area contributed by atoms with Gasteiger partial charge in [0.2, 0.25) is 0 Å². The van der Waals surface area contributed by atoms with E-state index in [9.17, 15) is 13.2 Å². The van der Waals surface area contributed by atoms with Crippen molar-refractivity contribution in [1.29, 1.82) is 0 Å². The van der Waals surface area contributed by atoms with E-state index in [1.54, 1.807) is 36.4 Å². The second-order valence-electron chi connectivity index (χ2n) is 5.87. The van der Waals surface area contributed by atoms with Gasteiger partial charge in [-0.2, -0.15) is 0 Å². The quantitative estimate of drug-likeness (QED) is 0.608. The number of carbonyl (C=O) groups excluding carboxylic acids is 1. The number of carbonyl (C=O) groups is 1. The van der Waals surface area contributed by atoms with Crippen LogP contribution in [0.25, 0.3) is 0 Å². The minimum Gasteiger partial charge on any atom is -0.494 e. The molecule has 0 radical (unpaired) electrons. The smallest absolute Gasteiger partial charge is 0.275 e. The summed E-state index contributed by atoms with van der Waals surface area (Å²) >= 11 is 1.04. The molecule has 1 amide bonds. The minimum atomic E-state index is -3.76. The second kappa shape index (κ2) is 8.41. The van der Waals surface area contributed by atoms with E-state index in [0.29, 0.717) is 18.0 Å². The van der Waals surface area contributed by atoms with Gasteiger partial charge in [-0.05, 0) is 50.2 Å². The molecule has 2 aromatic carbocycles. The number of aryl methyl sites for hydroxylation is 1. The molecule has 0 spiro atoms.